The summed E-state index contributed by atoms with van der Waals surface area (Å²) in [6.07, 6.45) is 2.24. The Morgan fingerprint density at radius 1 is 1.20 bits per heavy atom. The van der Waals surface area contributed by atoms with Gasteiger partial charge in [-0.3, -0.25) is 4.98 Å². The van der Waals surface area contributed by atoms with Crippen molar-refractivity contribution in [2.24, 2.45) is 0 Å². The minimum Gasteiger partial charge on any atom is -0.309 e. The van der Waals surface area contributed by atoms with Crippen molar-refractivity contribution < 1.29 is 8.78 Å². The zero-order chi connectivity index (χ0) is 14.5. The highest BCUT2D eigenvalue weighted by molar-refractivity contribution is 5.25. The molecule has 0 aliphatic carbocycles. The number of nitrogens with one attached hydrogen (secondary N) is 1. The van der Waals surface area contributed by atoms with E-state index in [4.69, 9.17) is 0 Å². The highest BCUT2D eigenvalue weighted by atomic mass is 19.1. The summed E-state index contributed by atoms with van der Waals surface area (Å²) in [4.78, 5) is 4.39. The lowest BCUT2D eigenvalue weighted by Crippen LogP contribution is -2.24. The molecule has 0 aliphatic heterocycles. The molecule has 1 unspecified atom stereocenters. The Balaban J connectivity index is 2.28. The molecule has 0 radical (unpaired) electrons. The summed E-state index contributed by atoms with van der Waals surface area (Å²) in [5, 5.41) is 3.32. The zero-order valence-electron chi connectivity index (χ0n) is 11.7. The largest absolute Gasteiger partial charge is 0.309 e. The van der Waals surface area contributed by atoms with Gasteiger partial charge in [0.05, 0.1) is 11.7 Å². The highest BCUT2D eigenvalue weighted by Gasteiger charge is 2.15. The molecule has 1 atom stereocenters. The molecule has 1 heterocycles. The first-order valence-corrected chi connectivity index (χ1v) is 6.70. The molecule has 0 bridgehead atoms. The van der Waals surface area contributed by atoms with E-state index in [0.717, 1.165) is 23.9 Å². The quantitative estimate of drug-likeness (QED) is 0.903. The van der Waals surface area contributed by atoms with Gasteiger partial charge in [-0.1, -0.05) is 13.0 Å². The number of benzene rings is 1. The van der Waals surface area contributed by atoms with E-state index in [1.165, 1.54) is 12.1 Å². The zero-order valence-corrected chi connectivity index (χ0v) is 11.7. The van der Waals surface area contributed by atoms with Gasteiger partial charge in [0.25, 0.3) is 0 Å². The molecule has 0 spiro atoms. The van der Waals surface area contributed by atoms with Crippen LogP contribution in [0.4, 0.5) is 8.78 Å². The maximum atomic E-state index is 13.3. The van der Waals surface area contributed by atoms with Crippen LogP contribution in [-0.2, 0) is 6.42 Å². The summed E-state index contributed by atoms with van der Waals surface area (Å²) in [5.74, 6) is -1.10. The number of aromatic nitrogens is 1. The first-order valence-electron chi connectivity index (χ1n) is 6.70. The average Bonchev–Trinajstić information content (AvgIpc) is 2.37. The molecule has 1 N–H and O–H groups in total. The lowest BCUT2D eigenvalue weighted by Gasteiger charge is -2.19. The third kappa shape index (κ3) is 3.61. The van der Waals surface area contributed by atoms with Crippen molar-refractivity contribution in [3.8, 4) is 0 Å². The van der Waals surface area contributed by atoms with Gasteiger partial charge in [-0.05, 0) is 49.2 Å². The predicted molar refractivity (Wildman–Crippen MR) is 75.5 cm³/mol. The van der Waals surface area contributed by atoms with Gasteiger partial charge in [-0.2, -0.15) is 0 Å². The van der Waals surface area contributed by atoms with Crippen LogP contribution in [0.1, 0.15) is 29.8 Å². The fourth-order valence-electron chi connectivity index (χ4n) is 2.34. The fourth-order valence-corrected chi connectivity index (χ4v) is 2.34. The van der Waals surface area contributed by atoms with E-state index in [2.05, 4.69) is 10.3 Å². The van der Waals surface area contributed by atoms with Gasteiger partial charge in [0.15, 0.2) is 0 Å². The molecule has 1 aromatic heterocycles. The van der Waals surface area contributed by atoms with E-state index in [0.29, 0.717) is 12.0 Å². The summed E-state index contributed by atoms with van der Waals surface area (Å²) >= 11 is 0. The summed E-state index contributed by atoms with van der Waals surface area (Å²) in [7, 11) is 0. The molecule has 0 saturated heterocycles. The second kappa shape index (κ2) is 6.57. The molecule has 106 valence electrons. The van der Waals surface area contributed by atoms with E-state index in [1.807, 2.05) is 26.0 Å². The molecule has 0 aliphatic rings. The van der Waals surface area contributed by atoms with Crippen molar-refractivity contribution in [1.29, 1.82) is 0 Å². The van der Waals surface area contributed by atoms with E-state index < -0.39 is 11.6 Å². The van der Waals surface area contributed by atoms with E-state index in [-0.39, 0.29) is 6.04 Å². The van der Waals surface area contributed by atoms with E-state index >= 15 is 0 Å². The van der Waals surface area contributed by atoms with Crippen LogP contribution in [0.25, 0.3) is 0 Å². The fraction of sp³-hybridized carbons (Fsp3) is 0.312. The third-order valence-electron chi connectivity index (χ3n) is 3.19. The second-order valence-corrected chi connectivity index (χ2v) is 4.80. The Morgan fingerprint density at radius 2 is 1.90 bits per heavy atom. The number of aryl methyl sites for hydroxylation is 1. The molecule has 0 fully saturated rings. The van der Waals surface area contributed by atoms with Crippen molar-refractivity contribution in [1.82, 2.24) is 10.3 Å². The van der Waals surface area contributed by atoms with Gasteiger partial charge >= 0.3 is 0 Å². The standard InChI is InChI=1S/C16H18F2N2/c1-3-19-15(16-11(2)5-4-6-20-16)9-12-7-13(17)10-14(18)8-12/h4-8,10,15,19H,3,9H2,1-2H3. The number of hydrogen-bond acceptors (Lipinski definition) is 2. The van der Waals surface area contributed by atoms with Gasteiger partial charge in [-0.25, -0.2) is 8.78 Å². The van der Waals surface area contributed by atoms with Crippen LogP contribution in [-0.4, -0.2) is 11.5 Å². The van der Waals surface area contributed by atoms with Gasteiger partial charge < -0.3 is 5.32 Å². The maximum absolute atomic E-state index is 13.3. The number of nitrogens with zero attached hydrogens (tertiary/aromatic N) is 1. The van der Waals surface area contributed by atoms with Crippen LogP contribution in [0, 0.1) is 18.6 Å². The Morgan fingerprint density at radius 3 is 2.50 bits per heavy atom. The lowest BCUT2D eigenvalue weighted by molar-refractivity contribution is 0.526. The predicted octanol–water partition coefficient (Wildman–Crippen LogP) is 3.56. The molecule has 2 nitrogen and oxygen atoms in total. The molecule has 1 aromatic carbocycles. The normalized spacial score (nSPS) is 12.4. The van der Waals surface area contributed by atoms with Gasteiger partial charge in [0.2, 0.25) is 0 Å². The Kier molecular flexibility index (Phi) is 4.79. The van der Waals surface area contributed by atoms with Crippen molar-refractivity contribution in [2.45, 2.75) is 26.3 Å². The highest BCUT2D eigenvalue weighted by Crippen LogP contribution is 2.20. The Labute approximate surface area is 117 Å². The van der Waals surface area contributed by atoms with E-state index in [1.54, 1.807) is 6.20 Å². The molecular weight excluding hydrogens is 258 g/mol. The third-order valence-corrected chi connectivity index (χ3v) is 3.19. The molecule has 2 rings (SSSR count). The van der Waals surface area contributed by atoms with Crippen LogP contribution in [0.15, 0.2) is 36.5 Å². The van der Waals surface area contributed by atoms with E-state index in [9.17, 15) is 8.78 Å². The maximum Gasteiger partial charge on any atom is 0.126 e. The average molecular weight is 276 g/mol. The molecule has 4 heteroatoms. The van der Waals surface area contributed by atoms with Crippen LogP contribution >= 0.6 is 0 Å². The molecular formula is C16H18F2N2. The van der Waals surface area contributed by atoms with Gasteiger partial charge in [0.1, 0.15) is 11.6 Å². The molecule has 0 amide bonds. The summed E-state index contributed by atoms with van der Waals surface area (Å²) in [6.45, 7) is 4.74. The number of rotatable bonds is 5. The van der Waals surface area contributed by atoms with Gasteiger partial charge in [0, 0.05) is 12.3 Å². The summed E-state index contributed by atoms with van der Waals surface area (Å²) in [6, 6.07) is 7.43. The molecule has 0 saturated carbocycles. The SMILES string of the molecule is CCNC(Cc1cc(F)cc(F)c1)c1ncccc1C. The van der Waals surface area contributed by atoms with Crippen LogP contribution in [0.2, 0.25) is 0 Å². The molecule has 20 heavy (non-hydrogen) atoms. The minimum absolute atomic E-state index is 0.0533. The van der Waals surface area contributed by atoms with Crippen LogP contribution < -0.4 is 5.32 Å². The summed E-state index contributed by atoms with van der Waals surface area (Å²) in [5.41, 5.74) is 2.60. The van der Waals surface area contributed by atoms with Crippen molar-refractivity contribution in [3.63, 3.8) is 0 Å². The topological polar surface area (TPSA) is 24.9 Å². The van der Waals surface area contributed by atoms with Crippen molar-refractivity contribution in [3.05, 3.63) is 65.0 Å². The second-order valence-electron chi connectivity index (χ2n) is 4.80. The number of pyridine rings is 1. The smallest absolute Gasteiger partial charge is 0.126 e. The van der Waals surface area contributed by atoms with Crippen LogP contribution in [0.3, 0.4) is 0 Å². The van der Waals surface area contributed by atoms with Crippen molar-refractivity contribution in [2.75, 3.05) is 6.54 Å². The van der Waals surface area contributed by atoms with Crippen molar-refractivity contribution >= 4 is 0 Å². The first kappa shape index (κ1) is 14.6. The van der Waals surface area contributed by atoms with Gasteiger partial charge in [-0.15, -0.1) is 0 Å². The number of likely N-dealkylation sites (N-methyl/N-ethyl adjacent to an activating group) is 1. The monoisotopic (exact) mass is 276 g/mol. The Hall–Kier alpha value is -1.81. The Bertz CT molecular complexity index is 564. The number of halogens is 2. The first-order chi connectivity index (χ1) is 9.60. The summed E-state index contributed by atoms with van der Waals surface area (Å²) < 4.78 is 26.5. The molecule has 2 aromatic rings. The number of hydrogen-bond donors (Lipinski definition) is 1. The van der Waals surface area contributed by atoms with Crippen LogP contribution in [0.5, 0.6) is 0 Å². The lowest BCUT2D eigenvalue weighted by atomic mass is 9.99. The minimum atomic E-state index is -0.548.